The fraction of sp³-hybridized carbons (Fsp3) is 0.333. The average Bonchev–Trinajstić information content (AvgIpc) is 3.11. The summed E-state index contributed by atoms with van der Waals surface area (Å²) in [6, 6.07) is 14.4. The van der Waals surface area contributed by atoms with Gasteiger partial charge in [-0.25, -0.2) is 9.59 Å². The maximum Gasteiger partial charge on any atom is 0.407 e. The van der Waals surface area contributed by atoms with Crippen LogP contribution in [0.4, 0.5) is 4.79 Å². The van der Waals surface area contributed by atoms with Crippen molar-refractivity contribution < 1.29 is 29.0 Å². The number of carboxylic acid groups (broad SMARTS) is 1. The molecule has 1 aliphatic carbocycles. The van der Waals surface area contributed by atoms with Gasteiger partial charge in [-0.05, 0) is 22.3 Å². The molecule has 4 rings (SSSR count). The summed E-state index contributed by atoms with van der Waals surface area (Å²) >= 11 is 0. The van der Waals surface area contributed by atoms with Crippen molar-refractivity contribution in [1.82, 2.24) is 10.2 Å². The number of fused-ring (bicyclic) bond motifs is 3. The minimum atomic E-state index is -1.41. The van der Waals surface area contributed by atoms with Crippen LogP contribution >= 0.6 is 0 Å². The molecular formula is C24H24N2O6. The lowest BCUT2D eigenvalue weighted by Gasteiger charge is -2.27. The molecule has 0 bridgehead atoms. The number of likely N-dealkylation sites (tertiary alicyclic amines) is 1. The van der Waals surface area contributed by atoms with Gasteiger partial charge in [0.25, 0.3) is 0 Å². The van der Waals surface area contributed by atoms with Gasteiger partial charge in [-0.3, -0.25) is 9.59 Å². The van der Waals surface area contributed by atoms with Gasteiger partial charge in [-0.15, -0.1) is 0 Å². The first-order valence-electron chi connectivity index (χ1n) is 10.6. The zero-order valence-electron chi connectivity index (χ0n) is 17.5. The molecule has 1 atom stereocenters. The molecule has 1 fully saturated rings. The first kappa shape index (κ1) is 21.5. The lowest BCUT2D eigenvalue weighted by molar-refractivity contribution is -0.144. The van der Waals surface area contributed by atoms with E-state index in [2.05, 4.69) is 5.32 Å². The number of carbonyl (C=O) groups excluding carboxylic acids is 3. The van der Waals surface area contributed by atoms with Crippen molar-refractivity contribution in [1.29, 1.82) is 0 Å². The van der Waals surface area contributed by atoms with E-state index in [0.717, 1.165) is 22.3 Å². The standard InChI is InChI=1S/C24H24N2O6/c27-15-9-11-26(12-10-15)22(28)13-21(23(29)30)25-24(31)32-14-20-18-7-3-1-5-16(18)17-6-2-4-8-19(17)20/h1-8,20-21H,9-14H2,(H,25,31)(H,29,30). The van der Waals surface area contributed by atoms with Gasteiger partial charge < -0.3 is 20.1 Å². The van der Waals surface area contributed by atoms with Crippen molar-refractivity contribution >= 4 is 23.8 Å². The lowest BCUT2D eigenvalue weighted by atomic mass is 9.98. The number of hydrogen-bond acceptors (Lipinski definition) is 5. The molecule has 0 spiro atoms. The summed E-state index contributed by atoms with van der Waals surface area (Å²) in [7, 11) is 0. The van der Waals surface area contributed by atoms with Crippen LogP contribution in [0.2, 0.25) is 0 Å². The van der Waals surface area contributed by atoms with Crippen molar-refractivity contribution in [2.75, 3.05) is 19.7 Å². The first-order chi connectivity index (χ1) is 15.4. The van der Waals surface area contributed by atoms with Crippen molar-refractivity contribution in [2.24, 2.45) is 0 Å². The van der Waals surface area contributed by atoms with Crippen LogP contribution in [0.25, 0.3) is 11.1 Å². The van der Waals surface area contributed by atoms with Gasteiger partial charge in [0.1, 0.15) is 18.4 Å². The van der Waals surface area contributed by atoms with E-state index in [9.17, 15) is 24.3 Å². The van der Waals surface area contributed by atoms with Gasteiger partial charge in [-0.2, -0.15) is 0 Å². The third kappa shape index (κ3) is 4.49. The molecule has 2 N–H and O–H groups in total. The number of benzene rings is 2. The van der Waals surface area contributed by atoms with E-state index in [4.69, 9.17) is 4.74 Å². The van der Waals surface area contributed by atoms with Gasteiger partial charge in [0.2, 0.25) is 5.91 Å². The number of hydrogen-bond donors (Lipinski definition) is 2. The van der Waals surface area contributed by atoms with Crippen molar-refractivity contribution in [3.63, 3.8) is 0 Å². The van der Waals surface area contributed by atoms with Gasteiger partial charge in [0, 0.05) is 31.8 Å². The molecule has 0 saturated carbocycles. The average molecular weight is 436 g/mol. The van der Waals surface area contributed by atoms with Crippen LogP contribution in [0.5, 0.6) is 0 Å². The Morgan fingerprint density at radius 2 is 1.56 bits per heavy atom. The number of Topliss-reactive ketones (excluding diaryl/α,β-unsaturated/α-hetero) is 1. The fourth-order valence-corrected chi connectivity index (χ4v) is 4.29. The van der Waals surface area contributed by atoms with Crippen LogP contribution in [0.1, 0.15) is 36.3 Å². The van der Waals surface area contributed by atoms with E-state index in [0.29, 0.717) is 0 Å². The monoisotopic (exact) mass is 436 g/mol. The van der Waals surface area contributed by atoms with E-state index in [1.54, 1.807) is 0 Å². The quantitative estimate of drug-likeness (QED) is 0.720. The Balaban J connectivity index is 1.37. The second-order valence-corrected chi connectivity index (χ2v) is 7.98. The van der Waals surface area contributed by atoms with Crippen molar-refractivity contribution in [3.8, 4) is 11.1 Å². The van der Waals surface area contributed by atoms with E-state index in [1.807, 2.05) is 48.5 Å². The molecule has 2 aromatic carbocycles. The zero-order chi connectivity index (χ0) is 22.7. The molecule has 166 valence electrons. The Morgan fingerprint density at radius 3 is 2.12 bits per heavy atom. The number of carbonyl (C=O) groups is 4. The Kier molecular flexibility index (Phi) is 6.20. The summed E-state index contributed by atoms with van der Waals surface area (Å²) < 4.78 is 5.38. The third-order valence-electron chi connectivity index (χ3n) is 5.99. The Bertz CT molecular complexity index is 1010. The number of nitrogens with zero attached hydrogens (tertiary/aromatic N) is 1. The summed E-state index contributed by atoms with van der Waals surface area (Å²) in [5, 5.41) is 11.7. The van der Waals surface area contributed by atoms with Gasteiger partial charge in [0.05, 0.1) is 6.42 Å². The molecule has 8 heteroatoms. The summed E-state index contributed by atoms with van der Waals surface area (Å²) in [6.07, 6.45) is -0.749. The minimum absolute atomic E-state index is 0.0500. The van der Waals surface area contributed by atoms with Crippen molar-refractivity contribution in [3.05, 3.63) is 59.7 Å². The number of carboxylic acids is 1. The predicted octanol–water partition coefficient (Wildman–Crippen LogP) is 2.56. The smallest absolute Gasteiger partial charge is 0.407 e. The number of amides is 2. The Labute approximate surface area is 185 Å². The fourth-order valence-electron chi connectivity index (χ4n) is 4.29. The Hall–Kier alpha value is -3.68. The first-order valence-corrected chi connectivity index (χ1v) is 10.6. The predicted molar refractivity (Wildman–Crippen MR) is 115 cm³/mol. The van der Waals surface area contributed by atoms with E-state index < -0.39 is 30.4 Å². The molecule has 8 nitrogen and oxygen atoms in total. The molecular weight excluding hydrogens is 412 g/mol. The topological polar surface area (TPSA) is 113 Å². The normalized spacial score (nSPS) is 16.1. The SMILES string of the molecule is O=C1CCN(C(=O)CC(NC(=O)OCC2c3ccccc3-c3ccccc32)C(=O)O)CC1. The molecule has 1 saturated heterocycles. The molecule has 2 aromatic rings. The molecule has 0 aromatic heterocycles. The molecule has 2 amide bonds. The van der Waals surface area contributed by atoms with Crippen molar-refractivity contribution in [2.45, 2.75) is 31.2 Å². The van der Waals surface area contributed by atoms with E-state index >= 15 is 0 Å². The van der Waals surface area contributed by atoms with Gasteiger partial charge in [0.15, 0.2) is 0 Å². The molecule has 1 aliphatic heterocycles. The number of rotatable bonds is 6. The maximum atomic E-state index is 12.4. The summed E-state index contributed by atoms with van der Waals surface area (Å²) in [5.41, 5.74) is 4.27. The van der Waals surface area contributed by atoms with Crippen LogP contribution in [0.15, 0.2) is 48.5 Å². The highest BCUT2D eigenvalue weighted by molar-refractivity contribution is 5.88. The van der Waals surface area contributed by atoms with E-state index in [-0.39, 0.29) is 44.2 Å². The molecule has 32 heavy (non-hydrogen) atoms. The highest BCUT2D eigenvalue weighted by atomic mass is 16.5. The zero-order valence-corrected chi connectivity index (χ0v) is 17.5. The number of ether oxygens (including phenoxy) is 1. The third-order valence-corrected chi connectivity index (χ3v) is 5.99. The second-order valence-electron chi connectivity index (χ2n) is 7.98. The number of alkyl carbamates (subject to hydrolysis) is 1. The highest BCUT2D eigenvalue weighted by Gasteiger charge is 2.31. The number of aliphatic carboxylic acids is 1. The molecule has 0 radical (unpaired) electrons. The molecule has 1 heterocycles. The van der Waals surface area contributed by atoms with Gasteiger partial charge in [-0.1, -0.05) is 48.5 Å². The molecule has 2 aliphatic rings. The number of piperidine rings is 1. The van der Waals surface area contributed by atoms with Crippen LogP contribution in [0, 0.1) is 0 Å². The summed E-state index contributed by atoms with van der Waals surface area (Å²) in [4.78, 5) is 49.2. The van der Waals surface area contributed by atoms with Crippen LogP contribution < -0.4 is 5.32 Å². The van der Waals surface area contributed by atoms with Crippen LogP contribution in [-0.2, 0) is 19.1 Å². The van der Waals surface area contributed by atoms with Crippen LogP contribution in [-0.4, -0.2) is 59.5 Å². The highest BCUT2D eigenvalue weighted by Crippen LogP contribution is 2.44. The second kappa shape index (κ2) is 9.21. The minimum Gasteiger partial charge on any atom is -0.480 e. The largest absolute Gasteiger partial charge is 0.480 e. The number of nitrogens with one attached hydrogen (secondary N) is 1. The van der Waals surface area contributed by atoms with Gasteiger partial charge >= 0.3 is 12.1 Å². The summed E-state index contributed by atoms with van der Waals surface area (Å²) in [5.74, 6) is -1.80. The van der Waals surface area contributed by atoms with E-state index in [1.165, 1.54) is 4.90 Å². The van der Waals surface area contributed by atoms with Crippen LogP contribution in [0.3, 0.4) is 0 Å². The summed E-state index contributed by atoms with van der Waals surface area (Å²) in [6.45, 7) is 0.596. The number of ketones is 1. The Morgan fingerprint density at radius 1 is 1.00 bits per heavy atom. The molecule has 1 unspecified atom stereocenters. The maximum absolute atomic E-state index is 12.4. The lowest BCUT2D eigenvalue weighted by Crippen LogP contribution is -2.47.